The third-order valence-electron chi connectivity index (χ3n) is 2.44. The standard InChI is InChI=1S/C10H7Cl.C5H12/c11-10-7-3-5-8-4-1-2-6-9(8)10;1-3-5-4-2/h1-7H;3-5H2,1-2H3. The molecule has 0 fully saturated rings. The molecule has 86 valence electrons. The Balaban J connectivity index is 0.000000221. The highest BCUT2D eigenvalue weighted by Crippen LogP contribution is 2.21. The van der Waals surface area contributed by atoms with Crippen molar-refractivity contribution in [3.05, 3.63) is 47.5 Å². The summed E-state index contributed by atoms with van der Waals surface area (Å²) < 4.78 is 0. The summed E-state index contributed by atoms with van der Waals surface area (Å²) in [6, 6.07) is 14.0. The molecule has 2 aromatic rings. The summed E-state index contributed by atoms with van der Waals surface area (Å²) in [6.45, 7) is 4.42. The lowest BCUT2D eigenvalue weighted by Crippen LogP contribution is -1.70. The molecule has 0 radical (unpaired) electrons. The fourth-order valence-corrected chi connectivity index (χ4v) is 1.78. The molecule has 0 N–H and O–H groups in total. The van der Waals surface area contributed by atoms with Gasteiger partial charge >= 0.3 is 0 Å². The Kier molecular flexibility index (Phi) is 5.95. The SMILES string of the molecule is CCCCC.Clc1cccc2ccccc12. The summed E-state index contributed by atoms with van der Waals surface area (Å²) in [6.07, 6.45) is 4.08. The third kappa shape index (κ3) is 3.86. The summed E-state index contributed by atoms with van der Waals surface area (Å²) in [5.74, 6) is 0. The van der Waals surface area contributed by atoms with E-state index < -0.39 is 0 Å². The molecule has 0 nitrogen and oxygen atoms in total. The Morgan fingerprint density at radius 3 is 2.06 bits per heavy atom. The third-order valence-corrected chi connectivity index (χ3v) is 2.77. The van der Waals surface area contributed by atoms with Gasteiger partial charge in [-0.05, 0) is 11.5 Å². The summed E-state index contributed by atoms with van der Waals surface area (Å²) in [5.41, 5.74) is 0. The smallest absolute Gasteiger partial charge is 0.0484 e. The van der Waals surface area contributed by atoms with Gasteiger partial charge < -0.3 is 0 Å². The molecule has 0 aromatic heterocycles. The molecule has 0 aliphatic rings. The van der Waals surface area contributed by atoms with Crippen LogP contribution >= 0.6 is 11.6 Å². The number of unbranched alkanes of at least 4 members (excludes halogenated alkanes) is 2. The van der Waals surface area contributed by atoms with Crippen molar-refractivity contribution in [3.63, 3.8) is 0 Å². The van der Waals surface area contributed by atoms with Crippen LogP contribution in [0.2, 0.25) is 5.02 Å². The highest BCUT2D eigenvalue weighted by Gasteiger charge is 1.93. The minimum absolute atomic E-state index is 0.822. The van der Waals surface area contributed by atoms with Crippen molar-refractivity contribution < 1.29 is 0 Å². The minimum Gasteiger partial charge on any atom is -0.0837 e. The van der Waals surface area contributed by atoms with Gasteiger partial charge in [0.25, 0.3) is 0 Å². The predicted molar refractivity (Wildman–Crippen MR) is 74.2 cm³/mol. The van der Waals surface area contributed by atoms with Crippen LogP contribution in [0.5, 0.6) is 0 Å². The van der Waals surface area contributed by atoms with Gasteiger partial charge in [0.1, 0.15) is 0 Å². The molecule has 0 aliphatic carbocycles. The lowest BCUT2D eigenvalue weighted by atomic mass is 10.1. The average Bonchev–Trinajstić information content (AvgIpc) is 2.32. The Morgan fingerprint density at radius 2 is 1.50 bits per heavy atom. The second kappa shape index (κ2) is 7.29. The summed E-state index contributed by atoms with van der Waals surface area (Å²) in [7, 11) is 0. The molecule has 0 saturated heterocycles. The second-order valence-corrected chi connectivity index (χ2v) is 4.22. The Hall–Kier alpha value is -1.01. The van der Waals surface area contributed by atoms with E-state index in [0.717, 1.165) is 10.4 Å². The van der Waals surface area contributed by atoms with E-state index in [-0.39, 0.29) is 0 Å². The topological polar surface area (TPSA) is 0 Å². The van der Waals surface area contributed by atoms with Gasteiger partial charge in [-0.25, -0.2) is 0 Å². The first-order chi connectivity index (χ1) is 7.79. The van der Waals surface area contributed by atoms with Crippen molar-refractivity contribution in [2.45, 2.75) is 33.1 Å². The normalized spacial score (nSPS) is 9.69. The molecule has 0 heterocycles. The lowest BCUT2D eigenvalue weighted by molar-refractivity contribution is 0.772. The van der Waals surface area contributed by atoms with Gasteiger partial charge in [0.2, 0.25) is 0 Å². The molecular formula is C15H19Cl. The fourth-order valence-electron chi connectivity index (χ4n) is 1.54. The lowest BCUT2D eigenvalue weighted by Gasteiger charge is -1.97. The number of fused-ring (bicyclic) bond motifs is 1. The van der Waals surface area contributed by atoms with Crippen LogP contribution in [-0.4, -0.2) is 0 Å². The number of benzene rings is 2. The van der Waals surface area contributed by atoms with E-state index >= 15 is 0 Å². The van der Waals surface area contributed by atoms with E-state index in [4.69, 9.17) is 11.6 Å². The zero-order valence-corrected chi connectivity index (χ0v) is 10.8. The van der Waals surface area contributed by atoms with E-state index in [0.29, 0.717) is 0 Å². The van der Waals surface area contributed by atoms with Crippen molar-refractivity contribution >= 4 is 22.4 Å². The molecule has 0 unspecified atom stereocenters. The molecule has 1 heteroatoms. The van der Waals surface area contributed by atoms with Crippen LogP contribution in [0, 0.1) is 0 Å². The van der Waals surface area contributed by atoms with Gasteiger partial charge in [-0.3, -0.25) is 0 Å². The van der Waals surface area contributed by atoms with Gasteiger partial charge in [-0.1, -0.05) is 81.1 Å². The zero-order valence-electron chi connectivity index (χ0n) is 10.0. The first-order valence-electron chi connectivity index (χ1n) is 5.92. The molecule has 0 amide bonds. The van der Waals surface area contributed by atoms with Crippen LogP contribution in [0.1, 0.15) is 33.1 Å². The van der Waals surface area contributed by atoms with Crippen LogP contribution in [-0.2, 0) is 0 Å². The minimum atomic E-state index is 0.822. The molecule has 0 saturated carbocycles. The maximum Gasteiger partial charge on any atom is 0.0484 e. The van der Waals surface area contributed by atoms with E-state index in [1.54, 1.807) is 0 Å². The average molecular weight is 235 g/mol. The monoisotopic (exact) mass is 234 g/mol. The van der Waals surface area contributed by atoms with Gasteiger partial charge in [0, 0.05) is 10.4 Å². The molecule has 0 atom stereocenters. The van der Waals surface area contributed by atoms with Crippen molar-refractivity contribution in [2.24, 2.45) is 0 Å². The van der Waals surface area contributed by atoms with Crippen LogP contribution in [0.15, 0.2) is 42.5 Å². The Labute approximate surface area is 103 Å². The molecule has 2 aromatic carbocycles. The summed E-state index contributed by atoms with van der Waals surface area (Å²) in [5, 5.41) is 3.14. The molecule has 0 bridgehead atoms. The fraction of sp³-hybridized carbons (Fsp3) is 0.333. The van der Waals surface area contributed by atoms with Crippen LogP contribution in [0.3, 0.4) is 0 Å². The van der Waals surface area contributed by atoms with Gasteiger partial charge in [0.15, 0.2) is 0 Å². The van der Waals surface area contributed by atoms with Crippen LogP contribution in [0.25, 0.3) is 10.8 Å². The Morgan fingerprint density at radius 1 is 0.875 bits per heavy atom. The second-order valence-electron chi connectivity index (χ2n) is 3.81. The summed E-state index contributed by atoms with van der Waals surface area (Å²) in [4.78, 5) is 0. The van der Waals surface area contributed by atoms with Gasteiger partial charge in [0.05, 0.1) is 0 Å². The number of hydrogen-bond donors (Lipinski definition) is 0. The van der Waals surface area contributed by atoms with Crippen LogP contribution < -0.4 is 0 Å². The van der Waals surface area contributed by atoms with Crippen molar-refractivity contribution in [1.29, 1.82) is 0 Å². The van der Waals surface area contributed by atoms with E-state index in [1.165, 1.54) is 24.6 Å². The largest absolute Gasteiger partial charge is 0.0837 e. The Bertz CT molecular complexity index is 413. The molecule has 2 rings (SSSR count). The van der Waals surface area contributed by atoms with Crippen molar-refractivity contribution in [1.82, 2.24) is 0 Å². The number of hydrogen-bond acceptors (Lipinski definition) is 0. The van der Waals surface area contributed by atoms with E-state index in [9.17, 15) is 0 Å². The predicted octanol–water partition coefficient (Wildman–Crippen LogP) is 5.69. The van der Waals surface area contributed by atoms with E-state index in [1.807, 2.05) is 30.3 Å². The summed E-state index contributed by atoms with van der Waals surface area (Å²) >= 11 is 5.96. The maximum atomic E-state index is 5.96. The number of rotatable bonds is 2. The molecule has 0 aliphatic heterocycles. The van der Waals surface area contributed by atoms with E-state index in [2.05, 4.69) is 26.0 Å². The first-order valence-corrected chi connectivity index (χ1v) is 6.30. The maximum absolute atomic E-state index is 5.96. The van der Waals surface area contributed by atoms with Gasteiger partial charge in [-0.15, -0.1) is 0 Å². The molecule has 16 heavy (non-hydrogen) atoms. The quantitative estimate of drug-likeness (QED) is 0.626. The van der Waals surface area contributed by atoms with Crippen LogP contribution in [0.4, 0.5) is 0 Å². The van der Waals surface area contributed by atoms with Gasteiger partial charge in [-0.2, -0.15) is 0 Å². The van der Waals surface area contributed by atoms with Crippen molar-refractivity contribution in [2.75, 3.05) is 0 Å². The molecular weight excluding hydrogens is 216 g/mol. The first kappa shape index (κ1) is 13.1. The molecule has 0 spiro atoms. The number of halogens is 1. The highest BCUT2D eigenvalue weighted by molar-refractivity contribution is 6.35. The highest BCUT2D eigenvalue weighted by atomic mass is 35.5. The zero-order chi connectivity index (χ0) is 11.8. The van der Waals surface area contributed by atoms with Crippen molar-refractivity contribution in [3.8, 4) is 0 Å².